The Labute approximate surface area is 96.3 Å². The minimum atomic E-state index is -0.505. The molecule has 8 nitrogen and oxygen atoms in total. The minimum absolute atomic E-state index is 0.0142. The third-order valence-electron chi connectivity index (χ3n) is 1.72. The molecular formula is C7H10N6O2S. The van der Waals surface area contributed by atoms with Gasteiger partial charge in [-0.05, 0) is 24.1 Å². The number of imidazole rings is 1. The van der Waals surface area contributed by atoms with Crippen LogP contribution in [0.15, 0.2) is 11.3 Å². The molecule has 16 heavy (non-hydrogen) atoms. The molecule has 0 aliphatic heterocycles. The van der Waals surface area contributed by atoms with Gasteiger partial charge in [0.25, 0.3) is 0 Å². The van der Waals surface area contributed by atoms with Crippen molar-refractivity contribution in [2.45, 2.75) is 13.5 Å². The highest BCUT2D eigenvalue weighted by molar-refractivity contribution is 7.80. The topological polar surface area (TPSA) is 111 Å². The van der Waals surface area contributed by atoms with Gasteiger partial charge in [-0.1, -0.05) is 0 Å². The third kappa shape index (κ3) is 2.73. The Morgan fingerprint density at radius 1 is 1.94 bits per heavy atom. The van der Waals surface area contributed by atoms with E-state index < -0.39 is 4.92 Å². The number of nitro groups is 1. The molecule has 0 saturated carbocycles. The van der Waals surface area contributed by atoms with Crippen LogP contribution in [0.3, 0.4) is 0 Å². The van der Waals surface area contributed by atoms with Crippen LogP contribution in [-0.4, -0.2) is 25.8 Å². The van der Waals surface area contributed by atoms with Crippen LogP contribution in [0.5, 0.6) is 0 Å². The van der Waals surface area contributed by atoms with Gasteiger partial charge in [0, 0.05) is 0 Å². The summed E-state index contributed by atoms with van der Waals surface area (Å²) >= 11 is 4.54. The molecule has 1 rings (SSSR count). The molecule has 9 heteroatoms. The first-order chi connectivity index (χ1) is 7.56. The Morgan fingerprint density at radius 3 is 3.12 bits per heavy atom. The average Bonchev–Trinajstić information content (AvgIpc) is 2.60. The predicted octanol–water partition coefficient (Wildman–Crippen LogP) is -0.0217. The fourth-order valence-corrected chi connectivity index (χ4v) is 1.16. The van der Waals surface area contributed by atoms with Gasteiger partial charge in [-0.15, -0.1) is 0 Å². The van der Waals surface area contributed by atoms with Crippen LogP contribution in [0.4, 0.5) is 5.82 Å². The van der Waals surface area contributed by atoms with Crippen LogP contribution in [0.25, 0.3) is 0 Å². The number of nitrogens with zero attached hydrogens (tertiary/aromatic N) is 4. The summed E-state index contributed by atoms with van der Waals surface area (Å²) in [4.78, 5) is 14.0. The molecule has 0 spiro atoms. The van der Waals surface area contributed by atoms with E-state index in [9.17, 15) is 10.1 Å². The smallest absolute Gasteiger partial charge is 0.343 e. The van der Waals surface area contributed by atoms with Crippen molar-refractivity contribution in [1.29, 1.82) is 0 Å². The number of aromatic nitrogens is 2. The summed E-state index contributed by atoms with van der Waals surface area (Å²) < 4.78 is 1.41. The number of nitrogens with two attached hydrogens (primary N) is 1. The van der Waals surface area contributed by atoms with Crippen LogP contribution in [0.2, 0.25) is 0 Å². The molecule has 3 N–H and O–H groups in total. The lowest BCUT2D eigenvalue weighted by Crippen LogP contribution is -2.24. The lowest BCUT2D eigenvalue weighted by atomic mass is 10.6. The maximum Gasteiger partial charge on any atom is 0.343 e. The Morgan fingerprint density at radius 2 is 2.62 bits per heavy atom. The first-order valence-electron chi connectivity index (χ1n) is 4.34. The summed E-state index contributed by atoms with van der Waals surface area (Å²) in [5, 5.41) is 14.3. The molecule has 0 radical (unpaired) electrons. The van der Waals surface area contributed by atoms with Crippen LogP contribution in [0.1, 0.15) is 12.7 Å². The molecule has 0 amide bonds. The average molecular weight is 242 g/mol. The molecule has 1 heterocycles. The summed E-state index contributed by atoms with van der Waals surface area (Å²) in [5.74, 6) is 0.275. The highest BCUT2D eigenvalue weighted by atomic mass is 32.1. The molecule has 0 aliphatic carbocycles. The SMILES string of the molecule is CCn1c([N+](=O)[O-])cnc1/C=N/NC(N)=S. The summed E-state index contributed by atoms with van der Waals surface area (Å²) in [5.41, 5.74) is 7.49. The quantitative estimate of drug-likeness (QED) is 0.332. The van der Waals surface area contributed by atoms with Gasteiger partial charge in [0.1, 0.15) is 12.4 Å². The molecule has 0 fully saturated rings. The zero-order valence-electron chi connectivity index (χ0n) is 8.45. The Kier molecular flexibility index (Phi) is 3.89. The van der Waals surface area contributed by atoms with E-state index in [2.05, 4.69) is 27.7 Å². The number of nitrogens with one attached hydrogen (secondary N) is 1. The zero-order chi connectivity index (χ0) is 12.1. The van der Waals surface area contributed by atoms with Crippen molar-refractivity contribution in [1.82, 2.24) is 15.0 Å². The molecule has 0 bridgehead atoms. The maximum absolute atomic E-state index is 10.6. The van der Waals surface area contributed by atoms with Gasteiger partial charge in [-0.25, -0.2) is 9.55 Å². The summed E-state index contributed by atoms with van der Waals surface area (Å²) in [7, 11) is 0. The van der Waals surface area contributed by atoms with Crippen LogP contribution < -0.4 is 11.2 Å². The molecule has 1 aromatic rings. The van der Waals surface area contributed by atoms with Crippen molar-refractivity contribution in [3.8, 4) is 0 Å². The van der Waals surface area contributed by atoms with E-state index in [1.165, 1.54) is 17.0 Å². The normalized spacial score (nSPS) is 10.6. The largest absolute Gasteiger partial charge is 0.375 e. The highest BCUT2D eigenvalue weighted by Crippen LogP contribution is 2.12. The van der Waals surface area contributed by atoms with E-state index >= 15 is 0 Å². The van der Waals surface area contributed by atoms with Crippen LogP contribution >= 0.6 is 12.2 Å². The predicted molar refractivity (Wildman–Crippen MR) is 62.1 cm³/mol. The van der Waals surface area contributed by atoms with E-state index in [1.54, 1.807) is 6.92 Å². The van der Waals surface area contributed by atoms with E-state index in [-0.39, 0.29) is 10.9 Å². The number of hydrogen-bond acceptors (Lipinski definition) is 5. The molecule has 0 aromatic carbocycles. The second-order valence-corrected chi connectivity index (χ2v) is 3.15. The van der Waals surface area contributed by atoms with Crippen molar-refractivity contribution >= 4 is 29.4 Å². The monoisotopic (exact) mass is 242 g/mol. The molecule has 0 saturated heterocycles. The Hall–Kier alpha value is -2.03. The fraction of sp³-hybridized carbons (Fsp3) is 0.286. The van der Waals surface area contributed by atoms with Gasteiger partial charge >= 0.3 is 5.82 Å². The molecule has 1 aromatic heterocycles. The van der Waals surface area contributed by atoms with Gasteiger partial charge < -0.3 is 15.8 Å². The van der Waals surface area contributed by atoms with Gasteiger partial charge in [0.15, 0.2) is 5.11 Å². The highest BCUT2D eigenvalue weighted by Gasteiger charge is 2.16. The van der Waals surface area contributed by atoms with E-state index in [1.807, 2.05) is 0 Å². The number of rotatable bonds is 4. The van der Waals surface area contributed by atoms with Crippen molar-refractivity contribution in [3.63, 3.8) is 0 Å². The van der Waals surface area contributed by atoms with E-state index in [0.717, 1.165) is 0 Å². The first kappa shape index (κ1) is 12.0. The Bertz CT molecular complexity index is 440. The molecular weight excluding hydrogens is 232 g/mol. The second kappa shape index (κ2) is 5.16. The molecule has 0 aliphatic rings. The van der Waals surface area contributed by atoms with Gasteiger partial charge in [-0.3, -0.25) is 5.43 Å². The van der Waals surface area contributed by atoms with E-state index in [0.29, 0.717) is 12.4 Å². The maximum atomic E-state index is 10.6. The van der Waals surface area contributed by atoms with Crippen molar-refractivity contribution in [2.24, 2.45) is 10.8 Å². The third-order valence-corrected chi connectivity index (χ3v) is 1.81. The molecule has 0 atom stereocenters. The van der Waals surface area contributed by atoms with Crippen molar-refractivity contribution in [3.05, 3.63) is 22.1 Å². The summed E-state index contributed by atoms with van der Waals surface area (Å²) in [6, 6.07) is 0. The first-order valence-corrected chi connectivity index (χ1v) is 4.75. The summed E-state index contributed by atoms with van der Waals surface area (Å²) in [6.07, 6.45) is 2.49. The lowest BCUT2D eigenvalue weighted by molar-refractivity contribution is -0.392. The van der Waals surface area contributed by atoms with Crippen LogP contribution in [-0.2, 0) is 6.54 Å². The van der Waals surface area contributed by atoms with Crippen LogP contribution in [0, 0.1) is 10.1 Å². The van der Waals surface area contributed by atoms with Crippen molar-refractivity contribution < 1.29 is 4.92 Å². The molecule has 86 valence electrons. The van der Waals surface area contributed by atoms with Crippen molar-refractivity contribution in [2.75, 3.05) is 0 Å². The van der Waals surface area contributed by atoms with Gasteiger partial charge in [-0.2, -0.15) is 5.10 Å². The summed E-state index contributed by atoms with van der Waals surface area (Å²) in [6.45, 7) is 2.19. The zero-order valence-corrected chi connectivity index (χ0v) is 9.27. The van der Waals surface area contributed by atoms with Gasteiger partial charge in [0.05, 0.1) is 6.54 Å². The fourth-order valence-electron chi connectivity index (χ4n) is 1.11. The molecule has 0 unspecified atom stereocenters. The lowest BCUT2D eigenvalue weighted by Gasteiger charge is -1.98. The number of hydrogen-bond donors (Lipinski definition) is 2. The Balaban J connectivity index is 2.93. The second-order valence-electron chi connectivity index (χ2n) is 2.71. The number of hydrazone groups is 1. The standard InChI is InChI=1S/C7H10N6O2S/c1-2-12-5(3-10-11-7(8)16)9-4-6(12)13(14)15/h3-4H,2H2,1H3,(H3,8,11,16)/b10-3+. The number of thiocarbonyl (C=S) groups is 1. The van der Waals surface area contributed by atoms with Gasteiger partial charge in [0.2, 0.25) is 5.82 Å². The minimum Gasteiger partial charge on any atom is -0.375 e. The van der Waals surface area contributed by atoms with E-state index in [4.69, 9.17) is 5.73 Å².